The lowest BCUT2D eigenvalue weighted by atomic mass is 10.2. The third kappa shape index (κ3) is 2.17. The minimum Gasteiger partial charge on any atom is -0.339 e. The molecular weight excluding hydrogens is 226 g/mol. The Morgan fingerprint density at radius 2 is 2.00 bits per heavy atom. The van der Waals surface area contributed by atoms with Gasteiger partial charge in [0.15, 0.2) is 0 Å². The number of anilines is 1. The van der Waals surface area contributed by atoms with Crippen LogP contribution in [0.25, 0.3) is 11.3 Å². The number of hydrogen-bond donors (Lipinski definition) is 1. The lowest BCUT2D eigenvalue weighted by Crippen LogP contribution is -2.27. The van der Waals surface area contributed by atoms with Gasteiger partial charge in [0, 0.05) is 43.3 Å². The molecule has 2 N–H and O–H groups in total. The van der Waals surface area contributed by atoms with E-state index >= 15 is 0 Å². The summed E-state index contributed by atoms with van der Waals surface area (Å²) in [5.41, 5.74) is 7.70. The summed E-state index contributed by atoms with van der Waals surface area (Å²) < 4.78 is 0. The van der Waals surface area contributed by atoms with E-state index in [0.29, 0.717) is 0 Å². The molecule has 2 aromatic heterocycles. The second-order valence-corrected chi connectivity index (χ2v) is 4.48. The first-order valence-corrected chi connectivity index (χ1v) is 6.07. The summed E-state index contributed by atoms with van der Waals surface area (Å²) in [5.74, 6) is 0.752. The molecule has 92 valence electrons. The van der Waals surface area contributed by atoms with E-state index in [-0.39, 0.29) is 6.04 Å². The van der Waals surface area contributed by atoms with Gasteiger partial charge >= 0.3 is 0 Å². The van der Waals surface area contributed by atoms with Crippen molar-refractivity contribution in [1.82, 2.24) is 15.0 Å². The van der Waals surface area contributed by atoms with Crippen LogP contribution in [0.1, 0.15) is 6.42 Å². The van der Waals surface area contributed by atoms with Crippen molar-refractivity contribution in [3.05, 3.63) is 36.8 Å². The SMILES string of the molecule is NC1CCN(c2ncc(-c3ccccn3)cn2)C1. The molecule has 1 aliphatic rings. The quantitative estimate of drug-likeness (QED) is 0.852. The monoisotopic (exact) mass is 241 g/mol. The fourth-order valence-corrected chi connectivity index (χ4v) is 2.12. The van der Waals surface area contributed by atoms with Gasteiger partial charge in [0.2, 0.25) is 5.95 Å². The first-order valence-electron chi connectivity index (χ1n) is 6.07. The zero-order chi connectivity index (χ0) is 12.4. The van der Waals surface area contributed by atoms with Crippen LogP contribution in [0.2, 0.25) is 0 Å². The van der Waals surface area contributed by atoms with Crippen LogP contribution < -0.4 is 10.6 Å². The fourth-order valence-electron chi connectivity index (χ4n) is 2.12. The second kappa shape index (κ2) is 4.70. The van der Waals surface area contributed by atoms with Crippen LogP contribution >= 0.6 is 0 Å². The Morgan fingerprint density at radius 3 is 2.61 bits per heavy atom. The molecule has 0 aliphatic carbocycles. The van der Waals surface area contributed by atoms with Crippen molar-refractivity contribution in [2.24, 2.45) is 5.73 Å². The summed E-state index contributed by atoms with van der Waals surface area (Å²) in [6.07, 6.45) is 6.40. The predicted molar refractivity (Wildman–Crippen MR) is 70.1 cm³/mol. The molecule has 0 aromatic carbocycles. The van der Waals surface area contributed by atoms with E-state index in [1.165, 1.54) is 0 Å². The van der Waals surface area contributed by atoms with Crippen LogP contribution in [0.15, 0.2) is 36.8 Å². The van der Waals surface area contributed by atoms with E-state index in [1.807, 2.05) is 30.6 Å². The van der Waals surface area contributed by atoms with Gasteiger partial charge < -0.3 is 10.6 Å². The molecule has 0 spiro atoms. The number of hydrogen-bond acceptors (Lipinski definition) is 5. The minimum absolute atomic E-state index is 0.240. The molecule has 3 heterocycles. The fraction of sp³-hybridized carbons (Fsp3) is 0.308. The van der Waals surface area contributed by atoms with Gasteiger partial charge in [-0.2, -0.15) is 0 Å². The third-order valence-electron chi connectivity index (χ3n) is 3.11. The normalized spacial score (nSPS) is 19.2. The number of aromatic nitrogens is 3. The Kier molecular flexibility index (Phi) is 2.90. The van der Waals surface area contributed by atoms with Gasteiger partial charge in [0.1, 0.15) is 0 Å². The van der Waals surface area contributed by atoms with E-state index in [9.17, 15) is 0 Å². The van der Waals surface area contributed by atoms with E-state index in [2.05, 4.69) is 19.9 Å². The standard InChI is InChI=1S/C13H15N5/c14-11-4-6-18(9-11)13-16-7-10(8-17-13)12-3-1-2-5-15-12/h1-3,5,7-8,11H,4,6,9,14H2. The lowest BCUT2D eigenvalue weighted by molar-refractivity contribution is 0.750. The zero-order valence-electron chi connectivity index (χ0n) is 10.0. The Hall–Kier alpha value is -2.01. The van der Waals surface area contributed by atoms with E-state index < -0.39 is 0 Å². The lowest BCUT2D eigenvalue weighted by Gasteiger charge is -2.15. The van der Waals surface area contributed by atoms with Crippen molar-refractivity contribution in [3.8, 4) is 11.3 Å². The summed E-state index contributed by atoms with van der Waals surface area (Å²) in [4.78, 5) is 15.2. The topological polar surface area (TPSA) is 67.9 Å². The molecule has 1 aliphatic heterocycles. The largest absolute Gasteiger partial charge is 0.339 e. The molecule has 1 saturated heterocycles. The van der Waals surface area contributed by atoms with Crippen LogP contribution in [-0.2, 0) is 0 Å². The maximum Gasteiger partial charge on any atom is 0.225 e. The van der Waals surface area contributed by atoms with Gasteiger partial charge in [-0.3, -0.25) is 4.98 Å². The van der Waals surface area contributed by atoms with Gasteiger partial charge in [-0.25, -0.2) is 9.97 Å². The Bertz CT molecular complexity index is 511. The number of nitrogens with two attached hydrogens (primary N) is 1. The molecule has 5 nitrogen and oxygen atoms in total. The minimum atomic E-state index is 0.240. The maximum atomic E-state index is 5.88. The first-order chi connectivity index (χ1) is 8.83. The van der Waals surface area contributed by atoms with Gasteiger partial charge in [-0.15, -0.1) is 0 Å². The highest BCUT2D eigenvalue weighted by molar-refractivity contribution is 5.57. The number of nitrogens with zero attached hydrogens (tertiary/aromatic N) is 4. The average molecular weight is 241 g/mol. The highest BCUT2D eigenvalue weighted by Gasteiger charge is 2.21. The number of rotatable bonds is 2. The van der Waals surface area contributed by atoms with Crippen molar-refractivity contribution < 1.29 is 0 Å². The van der Waals surface area contributed by atoms with Crippen LogP contribution in [0, 0.1) is 0 Å². The summed E-state index contributed by atoms with van der Waals surface area (Å²) in [5, 5.41) is 0. The van der Waals surface area contributed by atoms with Crippen LogP contribution in [-0.4, -0.2) is 34.1 Å². The van der Waals surface area contributed by atoms with Gasteiger partial charge in [-0.1, -0.05) is 6.07 Å². The Morgan fingerprint density at radius 1 is 1.17 bits per heavy atom. The highest BCUT2D eigenvalue weighted by Crippen LogP contribution is 2.18. The van der Waals surface area contributed by atoms with E-state index in [1.54, 1.807) is 6.20 Å². The second-order valence-electron chi connectivity index (χ2n) is 4.48. The smallest absolute Gasteiger partial charge is 0.225 e. The number of pyridine rings is 1. The maximum absolute atomic E-state index is 5.88. The highest BCUT2D eigenvalue weighted by atomic mass is 15.3. The Balaban J connectivity index is 1.81. The molecule has 2 aromatic rings. The summed E-state index contributed by atoms with van der Waals surface area (Å²) in [6, 6.07) is 6.04. The third-order valence-corrected chi connectivity index (χ3v) is 3.11. The molecule has 0 radical (unpaired) electrons. The molecule has 0 amide bonds. The molecule has 0 bridgehead atoms. The molecular formula is C13H15N5. The summed E-state index contributed by atoms with van der Waals surface area (Å²) in [7, 11) is 0. The molecule has 5 heteroatoms. The molecule has 18 heavy (non-hydrogen) atoms. The van der Waals surface area contributed by atoms with E-state index in [4.69, 9.17) is 5.73 Å². The van der Waals surface area contributed by atoms with E-state index in [0.717, 1.165) is 36.7 Å². The Labute approximate surface area is 106 Å². The van der Waals surface area contributed by atoms with Crippen LogP contribution in [0.4, 0.5) is 5.95 Å². The zero-order valence-corrected chi connectivity index (χ0v) is 10.0. The van der Waals surface area contributed by atoms with Gasteiger partial charge in [0.25, 0.3) is 0 Å². The van der Waals surface area contributed by atoms with Crippen LogP contribution in [0.5, 0.6) is 0 Å². The molecule has 3 rings (SSSR count). The summed E-state index contributed by atoms with van der Waals surface area (Å²) in [6.45, 7) is 1.77. The first kappa shape index (κ1) is 11.1. The average Bonchev–Trinajstić information content (AvgIpc) is 2.87. The van der Waals surface area contributed by atoms with Gasteiger partial charge in [-0.05, 0) is 18.6 Å². The van der Waals surface area contributed by atoms with Crippen molar-refractivity contribution in [3.63, 3.8) is 0 Å². The van der Waals surface area contributed by atoms with Gasteiger partial charge in [0.05, 0.1) is 5.69 Å². The molecule has 1 unspecified atom stereocenters. The van der Waals surface area contributed by atoms with Crippen molar-refractivity contribution >= 4 is 5.95 Å². The van der Waals surface area contributed by atoms with Crippen molar-refractivity contribution in [1.29, 1.82) is 0 Å². The van der Waals surface area contributed by atoms with Crippen molar-refractivity contribution in [2.45, 2.75) is 12.5 Å². The molecule has 0 saturated carbocycles. The molecule has 1 fully saturated rings. The predicted octanol–water partition coefficient (Wildman–Crippen LogP) is 1.08. The van der Waals surface area contributed by atoms with Crippen molar-refractivity contribution in [2.75, 3.05) is 18.0 Å². The molecule has 1 atom stereocenters. The summed E-state index contributed by atoms with van der Waals surface area (Å²) >= 11 is 0. The van der Waals surface area contributed by atoms with Crippen LogP contribution in [0.3, 0.4) is 0 Å².